The third-order valence-electron chi connectivity index (χ3n) is 3.37. The van der Waals surface area contributed by atoms with Crippen molar-refractivity contribution in [3.05, 3.63) is 0 Å². The molecule has 1 atom stereocenters. The number of thioether (sulfide) groups is 1. The van der Waals surface area contributed by atoms with Crippen LogP contribution in [0.4, 0.5) is 0 Å². The zero-order valence-electron chi connectivity index (χ0n) is 11.7. The highest BCUT2D eigenvalue weighted by Crippen LogP contribution is 2.19. The average molecular weight is 273 g/mol. The van der Waals surface area contributed by atoms with Crippen LogP contribution in [-0.2, 0) is 9.53 Å². The van der Waals surface area contributed by atoms with Crippen LogP contribution in [0, 0.1) is 0 Å². The van der Waals surface area contributed by atoms with Crippen molar-refractivity contribution in [3.63, 3.8) is 0 Å². The zero-order valence-corrected chi connectivity index (χ0v) is 12.6. The van der Waals surface area contributed by atoms with E-state index in [1.807, 2.05) is 18.7 Å². The number of rotatable bonds is 8. The molecule has 0 amide bonds. The van der Waals surface area contributed by atoms with Crippen LogP contribution >= 0.6 is 11.8 Å². The van der Waals surface area contributed by atoms with Gasteiger partial charge in [0.25, 0.3) is 0 Å². The first kappa shape index (κ1) is 15.8. The summed E-state index contributed by atoms with van der Waals surface area (Å²) < 4.78 is 5.17. The summed E-state index contributed by atoms with van der Waals surface area (Å²) in [5.74, 6) is 2.07. The predicted molar refractivity (Wildman–Crippen MR) is 78.0 cm³/mol. The molecular weight excluding hydrogens is 246 g/mol. The summed E-state index contributed by atoms with van der Waals surface area (Å²) in [5, 5.41) is 3.51. The number of ether oxygens (including phenoxy) is 1. The maximum atomic E-state index is 11.9. The van der Waals surface area contributed by atoms with Crippen molar-refractivity contribution in [1.29, 1.82) is 0 Å². The van der Waals surface area contributed by atoms with E-state index in [2.05, 4.69) is 12.2 Å². The number of hydrogen-bond acceptors (Lipinski definition) is 4. The van der Waals surface area contributed by atoms with Crippen molar-refractivity contribution >= 4 is 17.7 Å². The largest absolute Gasteiger partial charge is 0.465 e. The lowest BCUT2D eigenvalue weighted by Gasteiger charge is -2.27. The Morgan fingerprint density at radius 1 is 1.33 bits per heavy atom. The van der Waals surface area contributed by atoms with Crippen LogP contribution in [0.5, 0.6) is 0 Å². The minimum Gasteiger partial charge on any atom is -0.465 e. The summed E-state index contributed by atoms with van der Waals surface area (Å²) in [7, 11) is 0. The molecule has 18 heavy (non-hydrogen) atoms. The van der Waals surface area contributed by atoms with Crippen molar-refractivity contribution in [2.45, 2.75) is 64.5 Å². The zero-order chi connectivity index (χ0) is 13.2. The third-order valence-corrected chi connectivity index (χ3v) is 4.30. The maximum absolute atomic E-state index is 11.9. The van der Waals surface area contributed by atoms with E-state index in [0.717, 1.165) is 17.9 Å². The van der Waals surface area contributed by atoms with Gasteiger partial charge in [0.2, 0.25) is 0 Å². The molecule has 0 aromatic heterocycles. The lowest BCUT2D eigenvalue weighted by atomic mass is 9.94. The first-order valence-corrected chi connectivity index (χ1v) is 8.43. The SMILES string of the molecule is CCOC(=O)C(CCSCC)NC1CCCCC1. The number of carbonyl (C=O) groups excluding carboxylic acids is 1. The first-order chi connectivity index (χ1) is 8.77. The second kappa shape index (κ2) is 9.68. The molecule has 1 fully saturated rings. The smallest absolute Gasteiger partial charge is 0.323 e. The molecule has 4 heteroatoms. The Bertz CT molecular complexity index is 230. The molecule has 1 saturated carbocycles. The third kappa shape index (κ3) is 6.10. The molecule has 106 valence electrons. The van der Waals surface area contributed by atoms with Gasteiger partial charge in [-0.1, -0.05) is 26.2 Å². The molecule has 0 bridgehead atoms. The van der Waals surface area contributed by atoms with Crippen LogP contribution in [0.3, 0.4) is 0 Å². The van der Waals surface area contributed by atoms with Gasteiger partial charge in [0.05, 0.1) is 6.61 Å². The number of esters is 1. The van der Waals surface area contributed by atoms with Gasteiger partial charge in [-0.05, 0) is 37.7 Å². The van der Waals surface area contributed by atoms with Crippen molar-refractivity contribution in [1.82, 2.24) is 5.32 Å². The summed E-state index contributed by atoms with van der Waals surface area (Å²) in [4.78, 5) is 11.9. The molecule has 0 radical (unpaired) electrons. The van der Waals surface area contributed by atoms with Gasteiger partial charge in [-0.2, -0.15) is 11.8 Å². The van der Waals surface area contributed by atoms with Gasteiger partial charge >= 0.3 is 5.97 Å². The van der Waals surface area contributed by atoms with Gasteiger partial charge in [-0.25, -0.2) is 0 Å². The Balaban J connectivity index is 2.38. The van der Waals surface area contributed by atoms with E-state index in [1.54, 1.807) is 0 Å². The average Bonchev–Trinajstić information content (AvgIpc) is 2.39. The summed E-state index contributed by atoms with van der Waals surface area (Å²) in [5.41, 5.74) is 0. The highest BCUT2D eigenvalue weighted by Gasteiger charge is 2.23. The Hall–Kier alpha value is -0.220. The Kier molecular flexibility index (Phi) is 8.51. The van der Waals surface area contributed by atoms with Crippen LogP contribution < -0.4 is 5.32 Å². The van der Waals surface area contributed by atoms with E-state index < -0.39 is 0 Å². The fourth-order valence-corrected chi connectivity index (χ4v) is 3.10. The molecule has 0 aromatic carbocycles. The topological polar surface area (TPSA) is 38.3 Å². The summed E-state index contributed by atoms with van der Waals surface area (Å²) in [6.45, 7) is 4.50. The first-order valence-electron chi connectivity index (χ1n) is 7.28. The van der Waals surface area contributed by atoms with E-state index in [0.29, 0.717) is 12.6 Å². The maximum Gasteiger partial charge on any atom is 0.323 e. The normalized spacial score (nSPS) is 18.6. The predicted octanol–water partition coefficient (Wildman–Crippen LogP) is 2.98. The van der Waals surface area contributed by atoms with Gasteiger partial charge in [-0.15, -0.1) is 0 Å². The van der Waals surface area contributed by atoms with Gasteiger partial charge in [-0.3, -0.25) is 4.79 Å². The van der Waals surface area contributed by atoms with Crippen LogP contribution in [0.2, 0.25) is 0 Å². The van der Waals surface area contributed by atoms with Crippen molar-refractivity contribution in [2.24, 2.45) is 0 Å². The van der Waals surface area contributed by atoms with Crippen molar-refractivity contribution in [3.8, 4) is 0 Å². The molecule has 0 saturated heterocycles. The number of carbonyl (C=O) groups is 1. The van der Waals surface area contributed by atoms with Gasteiger partial charge in [0, 0.05) is 6.04 Å². The summed E-state index contributed by atoms with van der Waals surface area (Å²) >= 11 is 1.89. The minimum absolute atomic E-state index is 0.0697. The second-order valence-corrected chi connectivity index (χ2v) is 6.19. The molecule has 0 heterocycles. The molecule has 1 unspecified atom stereocenters. The Labute approximate surface area is 115 Å². The summed E-state index contributed by atoms with van der Waals surface area (Å²) in [6, 6.07) is 0.409. The van der Waals surface area contributed by atoms with Gasteiger partial charge in [0.15, 0.2) is 0 Å². The molecule has 3 nitrogen and oxygen atoms in total. The van der Waals surface area contributed by atoms with E-state index in [4.69, 9.17) is 4.74 Å². The van der Waals surface area contributed by atoms with Crippen LogP contribution in [0.15, 0.2) is 0 Å². The van der Waals surface area contributed by atoms with E-state index >= 15 is 0 Å². The molecule has 1 rings (SSSR count). The number of nitrogens with one attached hydrogen (secondary N) is 1. The van der Waals surface area contributed by atoms with E-state index in [9.17, 15) is 4.79 Å². The monoisotopic (exact) mass is 273 g/mol. The molecule has 1 aliphatic rings. The molecule has 1 aliphatic carbocycles. The van der Waals surface area contributed by atoms with Crippen LogP contribution in [0.25, 0.3) is 0 Å². The van der Waals surface area contributed by atoms with Gasteiger partial charge < -0.3 is 10.1 Å². The van der Waals surface area contributed by atoms with Crippen molar-refractivity contribution < 1.29 is 9.53 Å². The van der Waals surface area contributed by atoms with Crippen molar-refractivity contribution in [2.75, 3.05) is 18.1 Å². The lowest BCUT2D eigenvalue weighted by molar-refractivity contribution is -0.146. The highest BCUT2D eigenvalue weighted by atomic mass is 32.2. The van der Waals surface area contributed by atoms with E-state index in [-0.39, 0.29) is 12.0 Å². The highest BCUT2D eigenvalue weighted by molar-refractivity contribution is 7.99. The fraction of sp³-hybridized carbons (Fsp3) is 0.929. The number of hydrogen-bond donors (Lipinski definition) is 1. The molecule has 0 aliphatic heterocycles. The quantitative estimate of drug-likeness (QED) is 0.545. The molecular formula is C14H27NO2S. The summed E-state index contributed by atoms with van der Waals surface area (Å²) in [6.07, 6.45) is 7.21. The van der Waals surface area contributed by atoms with Crippen LogP contribution in [-0.4, -0.2) is 36.2 Å². The fourth-order valence-electron chi connectivity index (χ4n) is 2.41. The standard InChI is InChI=1S/C14H27NO2S/c1-3-17-14(16)13(10-11-18-4-2)15-12-8-6-5-7-9-12/h12-13,15H,3-11H2,1-2H3. The van der Waals surface area contributed by atoms with Crippen LogP contribution in [0.1, 0.15) is 52.4 Å². The Morgan fingerprint density at radius 2 is 2.06 bits per heavy atom. The molecule has 1 N–H and O–H groups in total. The van der Waals surface area contributed by atoms with E-state index in [1.165, 1.54) is 32.1 Å². The second-order valence-electron chi connectivity index (χ2n) is 4.79. The van der Waals surface area contributed by atoms with Gasteiger partial charge in [0.1, 0.15) is 6.04 Å². The molecule has 0 aromatic rings. The minimum atomic E-state index is -0.105. The Morgan fingerprint density at radius 3 is 2.67 bits per heavy atom. The lowest BCUT2D eigenvalue weighted by Crippen LogP contribution is -2.45. The molecule has 0 spiro atoms.